The normalized spacial score (nSPS) is 10.4. The van der Waals surface area contributed by atoms with Crippen molar-refractivity contribution in [3.63, 3.8) is 0 Å². The first-order valence-corrected chi connectivity index (χ1v) is 3.81. The maximum atomic E-state index is 5.83. The maximum Gasteiger partial charge on any atom is 0.142 e. The molecule has 1 aromatic heterocycles. The number of halogens is 1. The van der Waals surface area contributed by atoms with Gasteiger partial charge in [0.05, 0.1) is 10.9 Å². The summed E-state index contributed by atoms with van der Waals surface area (Å²) >= 11 is 5.83. The van der Waals surface area contributed by atoms with Crippen molar-refractivity contribution in [2.45, 2.75) is 0 Å². The van der Waals surface area contributed by atoms with Gasteiger partial charge in [-0.15, -0.1) is 0 Å². The fourth-order valence-corrected chi connectivity index (χ4v) is 1.35. The highest BCUT2D eigenvalue weighted by Gasteiger charge is 2.02. The van der Waals surface area contributed by atoms with Gasteiger partial charge in [0, 0.05) is 5.69 Å². The highest BCUT2D eigenvalue weighted by Crippen LogP contribution is 2.24. The van der Waals surface area contributed by atoms with Crippen LogP contribution in [0, 0.1) is 0 Å². The number of nitrogens with two attached hydrogens (primary N) is 1. The molecule has 1 aromatic carbocycles. The van der Waals surface area contributed by atoms with Crippen molar-refractivity contribution in [3.05, 3.63) is 29.7 Å². The second kappa shape index (κ2) is 2.60. The Labute approximate surface area is 74.2 Å². The first kappa shape index (κ1) is 7.31. The summed E-state index contributed by atoms with van der Waals surface area (Å²) in [7, 11) is 0. The van der Waals surface area contributed by atoms with Crippen molar-refractivity contribution in [1.29, 1.82) is 0 Å². The van der Waals surface area contributed by atoms with E-state index in [2.05, 4.69) is 9.97 Å². The number of anilines is 1. The van der Waals surface area contributed by atoms with Crippen LogP contribution in [0.25, 0.3) is 10.9 Å². The topological polar surface area (TPSA) is 51.8 Å². The number of aromatic nitrogens is 2. The number of fused-ring (bicyclic) bond motifs is 1. The molecule has 0 atom stereocenters. The number of hydrogen-bond donors (Lipinski definition) is 1. The van der Waals surface area contributed by atoms with E-state index in [1.165, 1.54) is 6.33 Å². The average molecular weight is 180 g/mol. The molecule has 60 valence electrons. The summed E-state index contributed by atoms with van der Waals surface area (Å²) in [6.07, 6.45) is 1.42. The van der Waals surface area contributed by atoms with E-state index >= 15 is 0 Å². The molecule has 12 heavy (non-hydrogen) atoms. The molecule has 0 aliphatic carbocycles. The van der Waals surface area contributed by atoms with Crippen LogP contribution in [0.5, 0.6) is 0 Å². The Hall–Kier alpha value is -1.35. The summed E-state index contributed by atoms with van der Waals surface area (Å²) in [6.45, 7) is 0. The molecule has 0 amide bonds. The van der Waals surface area contributed by atoms with E-state index in [4.69, 9.17) is 17.3 Å². The van der Waals surface area contributed by atoms with Crippen LogP contribution in [0.3, 0.4) is 0 Å². The van der Waals surface area contributed by atoms with Gasteiger partial charge in [-0.1, -0.05) is 17.7 Å². The molecule has 4 heteroatoms. The molecule has 1 heterocycles. The molecule has 0 unspecified atom stereocenters. The molecule has 2 aromatic rings. The summed E-state index contributed by atoms with van der Waals surface area (Å²) < 4.78 is 0. The second-order valence-electron chi connectivity index (χ2n) is 2.41. The van der Waals surface area contributed by atoms with Crippen molar-refractivity contribution < 1.29 is 0 Å². The standard InChI is InChI=1S/C8H6ClN3/c9-8-7-5(10)2-1-3-6(7)11-4-12-8/h1-4H,10H2. The monoisotopic (exact) mass is 179 g/mol. The van der Waals surface area contributed by atoms with Crippen LogP contribution in [0.1, 0.15) is 0 Å². The zero-order chi connectivity index (χ0) is 8.55. The van der Waals surface area contributed by atoms with E-state index in [9.17, 15) is 0 Å². The lowest BCUT2D eigenvalue weighted by Crippen LogP contribution is -1.90. The van der Waals surface area contributed by atoms with Crippen LogP contribution in [0.15, 0.2) is 24.5 Å². The minimum Gasteiger partial charge on any atom is -0.398 e. The molecule has 2 rings (SSSR count). The lowest BCUT2D eigenvalue weighted by Gasteiger charge is -2.00. The van der Waals surface area contributed by atoms with Crippen molar-refractivity contribution >= 4 is 28.2 Å². The number of hydrogen-bond acceptors (Lipinski definition) is 3. The van der Waals surface area contributed by atoms with Gasteiger partial charge in [0.15, 0.2) is 0 Å². The van der Waals surface area contributed by atoms with E-state index in [1.807, 2.05) is 12.1 Å². The molecule has 0 bridgehead atoms. The predicted molar refractivity (Wildman–Crippen MR) is 49.0 cm³/mol. The molecule has 0 saturated heterocycles. The first-order chi connectivity index (χ1) is 5.79. The van der Waals surface area contributed by atoms with Crippen LogP contribution in [0.4, 0.5) is 5.69 Å². The summed E-state index contributed by atoms with van der Waals surface area (Å²) in [5.41, 5.74) is 7.08. The second-order valence-corrected chi connectivity index (χ2v) is 2.76. The van der Waals surface area contributed by atoms with Gasteiger partial charge in [-0.2, -0.15) is 0 Å². The molecule has 2 N–H and O–H groups in total. The Balaban J connectivity index is 2.96. The molecule has 0 fully saturated rings. The fourth-order valence-electron chi connectivity index (χ4n) is 1.10. The van der Waals surface area contributed by atoms with Gasteiger partial charge in [-0.3, -0.25) is 0 Å². The van der Waals surface area contributed by atoms with E-state index in [0.29, 0.717) is 10.8 Å². The summed E-state index contributed by atoms with van der Waals surface area (Å²) in [4.78, 5) is 7.87. The van der Waals surface area contributed by atoms with Gasteiger partial charge in [0.1, 0.15) is 11.5 Å². The largest absolute Gasteiger partial charge is 0.398 e. The molecular formula is C8H6ClN3. The highest BCUT2D eigenvalue weighted by atomic mass is 35.5. The minimum atomic E-state index is 0.401. The molecule has 0 aliphatic rings. The van der Waals surface area contributed by atoms with Gasteiger partial charge in [-0.05, 0) is 12.1 Å². The predicted octanol–water partition coefficient (Wildman–Crippen LogP) is 1.87. The van der Waals surface area contributed by atoms with E-state index in [1.54, 1.807) is 6.07 Å². The molecule has 0 saturated carbocycles. The fraction of sp³-hybridized carbons (Fsp3) is 0. The zero-order valence-electron chi connectivity index (χ0n) is 6.16. The number of nitrogen functional groups attached to an aromatic ring is 1. The Kier molecular flexibility index (Phi) is 1.59. The Morgan fingerprint density at radius 1 is 1.25 bits per heavy atom. The maximum absolute atomic E-state index is 5.83. The third kappa shape index (κ3) is 0.987. The van der Waals surface area contributed by atoms with Crippen molar-refractivity contribution in [2.75, 3.05) is 5.73 Å². The molecular weight excluding hydrogens is 174 g/mol. The molecule has 0 radical (unpaired) electrons. The van der Waals surface area contributed by atoms with Crippen LogP contribution in [-0.2, 0) is 0 Å². The van der Waals surface area contributed by atoms with Crippen molar-refractivity contribution in [1.82, 2.24) is 9.97 Å². The van der Waals surface area contributed by atoms with Gasteiger partial charge in [-0.25, -0.2) is 9.97 Å². The molecule has 3 nitrogen and oxygen atoms in total. The van der Waals surface area contributed by atoms with Crippen molar-refractivity contribution in [2.24, 2.45) is 0 Å². The molecule has 0 spiro atoms. The van der Waals surface area contributed by atoms with E-state index < -0.39 is 0 Å². The van der Waals surface area contributed by atoms with Gasteiger partial charge in [0.25, 0.3) is 0 Å². The number of nitrogens with zero attached hydrogens (tertiary/aromatic N) is 2. The van der Waals surface area contributed by atoms with Gasteiger partial charge >= 0.3 is 0 Å². The lowest BCUT2D eigenvalue weighted by molar-refractivity contribution is 1.22. The summed E-state index contributed by atoms with van der Waals surface area (Å²) in [6, 6.07) is 5.46. The average Bonchev–Trinajstić information content (AvgIpc) is 2.04. The molecule has 0 aliphatic heterocycles. The third-order valence-electron chi connectivity index (χ3n) is 1.65. The Morgan fingerprint density at radius 2 is 2.08 bits per heavy atom. The zero-order valence-corrected chi connectivity index (χ0v) is 6.92. The van der Waals surface area contributed by atoms with Gasteiger partial charge in [0.2, 0.25) is 0 Å². The van der Waals surface area contributed by atoms with Crippen LogP contribution in [0.2, 0.25) is 5.15 Å². The third-order valence-corrected chi connectivity index (χ3v) is 1.94. The van der Waals surface area contributed by atoms with Crippen LogP contribution in [-0.4, -0.2) is 9.97 Å². The SMILES string of the molecule is Nc1cccc2ncnc(Cl)c12. The van der Waals surface area contributed by atoms with E-state index in [-0.39, 0.29) is 0 Å². The summed E-state index contributed by atoms with van der Waals surface area (Å²) in [5.74, 6) is 0. The van der Waals surface area contributed by atoms with Crippen molar-refractivity contribution in [3.8, 4) is 0 Å². The highest BCUT2D eigenvalue weighted by molar-refractivity contribution is 6.35. The smallest absolute Gasteiger partial charge is 0.142 e. The Bertz CT molecular complexity index is 391. The quantitative estimate of drug-likeness (QED) is 0.496. The number of rotatable bonds is 0. The van der Waals surface area contributed by atoms with Crippen LogP contribution < -0.4 is 5.73 Å². The number of benzene rings is 1. The van der Waals surface area contributed by atoms with E-state index in [0.717, 1.165) is 10.9 Å². The minimum absolute atomic E-state index is 0.401. The Morgan fingerprint density at radius 3 is 2.83 bits per heavy atom. The summed E-state index contributed by atoms with van der Waals surface area (Å²) in [5, 5.41) is 1.12. The first-order valence-electron chi connectivity index (χ1n) is 3.44. The van der Waals surface area contributed by atoms with Crippen LogP contribution >= 0.6 is 11.6 Å². The lowest BCUT2D eigenvalue weighted by atomic mass is 10.2. The van der Waals surface area contributed by atoms with Gasteiger partial charge < -0.3 is 5.73 Å².